The van der Waals surface area contributed by atoms with E-state index < -0.39 is 0 Å². The van der Waals surface area contributed by atoms with Crippen molar-refractivity contribution in [2.24, 2.45) is 4.99 Å². The predicted octanol–water partition coefficient (Wildman–Crippen LogP) is 2.79. The van der Waals surface area contributed by atoms with Gasteiger partial charge < -0.3 is 10.2 Å². The number of anilines is 1. The second-order valence-corrected chi connectivity index (χ2v) is 4.68. The largest absolute Gasteiger partial charge is 0.352 e. The fourth-order valence-electron chi connectivity index (χ4n) is 2.27. The van der Waals surface area contributed by atoms with Gasteiger partial charge in [-0.3, -0.25) is 4.99 Å². The third-order valence-electron chi connectivity index (χ3n) is 3.25. The minimum absolute atomic E-state index is 0.225. The molecule has 0 bridgehead atoms. The van der Waals surface area contributed by atoms with Crippen molar-refractivity contribution in [1.29, 1.82) is 0 Å². The fraction of sp³-hybridized carbons (Fsp3) is 0.188. The van der Waals surface area contributed by atoms with Crippen LogP contribution in [-0.2, 0) is 6.54 Å². The van der Waals surface area contributed by atoms with E-state index in [0.717, 1.165) is 24.7 Å². The molecule has 3 rings (SSSR count). The quantitative estimate of drug-likeness (QED) is 0.928. The number of nitrogens with one attached hydrogen (secondary N) is 1. The van der Waals surface area contributed by atoms with Gasteiger partial charge in [0.1, 0.15) is 5.82 Å². The van der Waals surface area contributed by atoms with E-state index in [-0.39, 0.29) is 5.82 Å². The topological polar surface area (TPSA) is 27.6 Å². The van der Waals surface area contributed by atoms with E-state index in [2.05, 4.69) is 22.4 Å². The zero-order chi connectivity index (χ0) is 13.8. The molecule has 0 amide bonds. The van der Waals surface area contributed by atoms with Crippen molar-refractivity contribution >= 4 is 11.6 Å². The summed E-state index contributed by atoms with van der Waals surface area (Å²) in [5.74, 6) is 0.580. The standard InChI is InChI=1S/C16H16FN3/c17-14-7-4-8-15(11-14)20-10-9-18-16(20)19-12-13-5-2-1-3-6-13/h1-8,11H,9-10,12H2,(H,18,19). The van der Waals surface area contributed by atoms with Gasteiger partial charge in [0.15, 0.2) is 5.96 Å². The van der Waals surface area contributed by atoms with Gasteiger partial charge in [-0.05, 0) is 23.8 Å². The molecule has 0 radical (unpaired) electrons. The Balaban J connectivity index is 1.70. The lowest BCUT2D eigenvalue weighted by atomic mass is 10.2. The number of hydrogen-bond acceptors (Lipinski definition) is 3. The zero-order valence-corrected chi connectivity index (χ0v) is 11.1. The number of rotatable bonds is 3. The minimum atomic E-state index is -0.225. The minimum Gasteiger partial charge on any atom is -0.352 e. The Morgan fingerprint density at radius 2 is 1.95 bits per heavy atom. The summed E-state index contributed by atoms with van der Waals surface area (Å²) in [6, 6.07) is 16.8. The smallest absolute Gasteiger partial charge is 0.198 e. The molecule has 1 aliphatic rings. The van der Waals surface area contributed by atoms with Gasteiger partial charge in [-0.1, -0.05) is 36.4 Å². The van der Waals surface area contributed by atoms with E-state index in [9.17, 15) is 4.39 Å². The van der Waals surface area contributed by atoms with Crippen LogP contribution >= 0.6 is 0 Å². The van der Waals surface area contributed by atoms with E-state index in [1.54, 1.807) is 6.07 Å². The Morgan fingerprint density at radius 1 is 1.10 bits per heavy atom. The summed E-state index contributed by atoms with van der Waals surface area (Å²) >= 11 is 0. The summed E-state index contributed by atoms with van der Waals surface area (Å²) in [6.45, 7) is 2.22. The van der Waals surface area contributed by atoms with Crippen LogP contribution < -0.4 is 10.2 Å². The van der Waals surface area contributed by atoms with Crippen LogP contribution in [-0.4, -0.2) is 19.0 Å². The van der Waals surface area contributed by atoms with Crippen LogP contribution in [0.3, 0.4) is 0 Å². The summed E-state index contributed by atoms with van der Waals surface area (Å²) < 4.78 is 13.3. The number of aliphatic imine (C=N–C) groups is 1. The van der Waals surface area contributed by atoms with E-state index in [0.29, 0.717) is 6.54 Å². The first-order valence-corrected chi connectivity index (χ1v) is 6.68. The van der Waals surface area contributed by atoms with Crippen LogP contribution in [0, 0.1) is 5.82 Å². The highest BCUT2D eigenvalue weighted by atomic mass is 19.1. The Bertz CT molecular complexity index is 610. The molecular formula is C16H16FN3. The first-order chi connectivity index (χ1) is 9.83. The highest BCUT2D eigenvalue weighted by Gasteiger charge is 2.18. The predicted molar refractivity (Wildman–Crippen MR) is 79.3 cm³/mol. The number of halogens is 1. The number of nitrogens with zero attached hydrogens (tertiary/aromatic N) is 2. The molecule has 0 saturated carbocycles. The lowest BCUT2D eigenvalue weighted by Gasteiger charge is -2.21. The van der Waals surface area contributed by atoms with E-state index in [1.807, 2.05) is 29.2 Å². The van der Waals surface area contributed by atoms with Crippen molar-refractivity contribution in [3.8, 4) is 0 Å². The molecule has 20 heavy (non-hydrogen) atoms. The Kier molecular flexibility index (Phi) is 3.63. The number of guanidine groups is 1. The summed E-state index contributed by atoms with van der Waals surface area (Å²) in [4.78, 5) is 6.45. The fourth-order valence-corrected chi connectivity index (χ4v) is 2.27. The van der Waals surface area contributed by atoms with Crippen LogP contribution in [0.15, 0.2) is 59.6 Å². The van der Waals surface area contributed by atoms with Crippen LogP contribution in [0.25, 0.3) is 0 Å². The molecule has 0 spiro atoms. The summed E-state index contributed by atoms with van der Waals surface area (Å²) in [5, 5.41) is 3.32. The van der Waals surface area contributed by atoms with Gasteiger partial charge in [0, 0.05) is 18.8 Å². The molecule has 0 unspecified atom stereocenters. The maximum absolute atomic E-state index is 13.3. The van der Waals surface area contributed by atoms with Crippen molar-refractivity contribution < 1.29 is 4.39 Å². The van der Waals surface area contributed by atoms with Crippen LogP contribution in [0.5, 0.6) is 0 Å². The van der Waals surface area contributed by atoms with Crippen molar-refractivity contribution in [3.05, 3.63) is 66.0 Å². The van der Waals surface area contributed by atoms with Gasteiger partial charge in [-0.2, -0.15) is 0 Å². The molecule has 2 aromatic carbocycles. The maximum atomic E-state index is 13.3. The molecule has 0 fully saturated rings. The first kappa shape index (κ1) is 12.7. The van der Waals surface area contributed by atoms with Gasteiger partial charge in [0.05, 0.1) is 6.54 Å². The number of benzene rings is 2. The molecule has 1 aliphatic heterocycles. The maximum Gasteiger partial charge on any atom is 0.198 e. The molecule has 1 N–H and O–H groups in total. The third-order valence-corrected chi connectivity index (χ3v) is 3.25. The van der Waals surface area contributed by atoms with Gasteiger partial charge in [-0.15, -0.1) is 0 Å². The van der Waals surface area contributed by atoms with Gasteiger partial charge in [-0.25, -0.2) is 4.39 Å². The molecule has 0 saturated heterocycles. The molecular weight excluding hydrogens is 253 g/mol. The Hall–Kier alpha value is -2.36. The third kappa shape index (κ3) is 2.79. The van der Waals surface area contributed by atoms with E-state index >= 15 is 0 Å². The van der Waals surface area contributed by atoms with Crippen molar-refractivity contribution in [2.45, 2.75) is 6.54 Å². The van der Waals surface area contributed by atoms with Gasteiger partial charge in [0.25, 0.3) is 0 Å². The Morgan fingerprint density at radius 3 is 2.75 bits per heavy atom. The van der Waals surface area contributed by atoms with Gasteiger partial charge >= 0.3 is 0 Å². The molecule has 3 nitrogen and oxygen atoms in total. The van der Waals surface area contributed by atoms with Crippen LogP contribution in [0.1, 0.15) is 5.56 Å². The second kappa shape index (κ2) is 5.74. The van der Waals surface area contributed by atoms with Crippen molar-refractivity contribution in [1.82, 2.24) is 5.32 Å². The summed E-state index contributed by atoms with van der Waals surface area (Å²) in [5.41, 5.74) is 2.03. The second-order valence-electron chi connectivity index (χ2n) is 4.68. The average Bonchev–Trinajstić information content (AvgIpc) is 2.95. The molecule has 0 aromatic heterocycles. The first-order valence-electron chi connectivity index (χ1n) is 6.68. The summed E-state index contributed by atoms with van der Waals surface area (Å²) in [7, 11) is 0. The lowest BCUT2D eigenvalue weighted by Crippen LogP contribution is -2.38. The highest BCUT2D eigenvalue weighted by molar-refractivity contribution is 5.97. The van der Waals surface area contributed by atoms with E-state index in [4.69, 9.17) is 0 Å². The highest BCUT2D eigenvalue weighted by Crippen LogP contribution is 2.18. The normalized spacial score (nSPS) is 14.2. The molecule has 4 heteroatoms. The monoisotopic (exact) mass is 269 g/mol. The Labute approximate surface area is 117 Å². The SMILES string of the molecule is Fc1cccc(N2CCN=C2NCc2ccccc2)c1. The molecule has 102 valence electrons. The van der Waals surface area contributed by atoms with E-state index in [1.165, 1.54) is 17.7 Å². The van der Waals surface area contributed by atoms with Crippen LogP contribution in [0.2, 0.25) is 0 Å². The molecule has 0 aliphatic carbocycles. The molecule has 0 atom stereocenters. The van der Waals surface area contributed by atoms with Crippen molar-refractivity contribution in [3.63, 3.8) is 0 Å². The van der Waals surface area contributed by atoms with Crippen LogP contribution in [0.4, 0.5) is 10.1 Å². The average molecular weight is 269 g/mol. The molecule has 1 heterocycles. The summed E-state index contributed by atoms with van der Waals surface area (Å²) in [6.07, 6.45) is 0. The lowest BCUT2D eigenvalue weighted by molar-refractivity contribution is 0.627. The van der Waals surface area contributed by atoms with Gasteiger partial charge in [0.2, 0.25) is 0 Å². The zero-order valence-electron chi connectivity index (χ0n) is 11.1. The molecule has 2 aromatic rings. The van der Waals surface area contributed by atoms with Crippen molar-refractivity contribution in [2.75, 3.05) is 18.0 Å². The number of hydrogen-bond donors (Lipinski definition) is 1.